The average Bonchev–Trinajstić information content (AvgIpc) is 3.44. The van der Waals surface area contributed by atoms with Crippen LogP contribution in [0.15, 0.2) is 103 Å². The van der Waals surface area contributed by atoms with Crippen LogP contribution in [0.3, 0.4) is 0 Å². The summed E-state index contributed by atoms with van der Waals surface area (Å²) >= 11 is 0. The van der Waals surface area contributed by atoms with Crippen molar-refractivity contribution in [1.82, 2.24) is 9.88 Å². The summed E-state index contributed by atoms with van der Waals surface area (Å²) in [6, 6.07) is 28.5. The molecular formula is C32H27FN4O5. The lowest BCUT2D eigenvalue weighted by Crippen LogP contribution is -2.42. The van der Waals surface area contributed by atoms with Gasteiger partial charge in [0.1, 0.15) is 41.8 Å². The number of anilines is 2. The van der Waals surface area contributed by atoms with E-state index in [1.165, 1.54) is 18.2 Å². The number of H-pyrrole nitrogens is 1. The predicted molar refractivity (Wildman–Crippen MR) is 157 cm³/mol. The van der Waals surface area contributed by atoms with Crippen LogP contribution in [0.2, 0.25) is 0 Å². The monoisotopic (exact) mass is 566 g/mol. The Hall–Kier alpha value is -5.64. The molecule has 0 saturated heterocycles. The molecule has 0 spiro atoms. The fourth-order valence-corrected chi connectivity index (χ4v) is 4.26. The van der Waals surface area contributed by atoms with Crippen molar-refractivity contribution in [3.8, 4) is 17.2 Å². The second kappa shape index (κ2) is 12.7. The second-order valence-electron chi connectivity index (χ2n) is 9.31. The molecule has 5 rings (SSSR count). The number of hydrogen-bond acceptors (Lipinski definition) is 5. The van der Waals surface area contributed by atoms with E-state index in [-0.39, 0.29) is 11.2 Å². The number of nitrogens with one attached hydrogen (secondary N) is 3. The third-order valence-electron chi connectivity index (χ3n) is 6.28. The lowest BCUT2D eigenvalue weighted by atomic mass is 10.2. The maximum atomic E-state index is 14.3. The van der Waals surface area contributed by atoms with E-state index in [0.29, 0.717) is 34.0 Å². The Kier molecular flexibility index (Phi) is 8.43. The first-order valence-corrected chi connectivity index (χ1v) is 13.0. The van der Waals surface area contributed by atoms with E-state index in [4.69, 9.17) is 9.47 Å². The Bertz CT molecular complexity index is 1700. The highest BCUT2D eigenvalue weighted by atomic mass is 19.1. The highest BCUT2D eigenvalue weighted by Gasteiger charge is 2.24. The number of ether oxygens (including phenoxy) is 2. The van der Waals surface area contributed by atoms with E-state index in [1.807, 2.05) is 6.07 Å². The van der Waals surface area contributed by atoms with Crippen LogP contribution in [0, 0.1) is 5.82 Å². The van der Waals surface area contributed by atoms with Crippen molar-refractivity contribution in [3.05, 3.63) is 115 Å². The predicted octanol–water partition coefficient (Wildman–Crippen LogP) is 5.83. The normalized spacial score (nSPS) is 10.6. The van der Waals surface area contributed by atoms with Crippen molar-refractivity contribution in [3.63, 3.8) is 0 Å². The summed E-state index contributed by atoms with van der Waals surface area (Å²) < 4.78 is 25.2. The van der Waals surface area contributed by atoms with E-state index in [2.05, 4.69) is 15.6 Å². The number of carbonyl (C=O) groups excluding carboxylic acids is 3. The quantitative estimate of drug-likeness (QED) is 0.197. The average molecular weight is 567 g/mol. The number of halogens is 1. The molecule has 0 aliphatic carbocycles. The van der Waals surface area contributed by atoms with Crippen molar-refractivity contribution in [2.45, 2.75) is 0 Å². The molecular weight excluding hydrogens is 539 g/mol. The zero-order valence-corrected chi connectivity index (χ0v) is 22.6. The highest BCUT2D eigenvalue weighted by molar-refractivity contribution is 6.04. The number of aromatic amines is 1. The second-order valence-corrected chi connectivity index (χ2v) is 9.31. The first kappa shape index (κ1) is 27.9. The Labute approximate surface area is 240 Å². The Morgan fingerprint density at radius 3 is 1.90 bits per heavy atom. The molecule has 0 atom stereocenters. The van der Waals surface area contributed by atoms with Gasteiger partial charge in [0.2, 0.25) is 11.8 Å². The smallest absolute Gasteiger partial charge is 0.271 e. The standard InChI is InChI=1S/C32H27FN4O5/c1-41-24-14-16-26(17-15-24)42-25-12-10-23(11-13-25)35-30(39)20-37(19-29(38)34-22-7-3-2-4-8-22)32(40)28-18-21-6-5-9-27(33)31(21)36-28/h2-18,36H,19-20H2,1H3,(H,34,38)(H,35,39). The van der Waals surface area contributed by atoms with Gasteiger partial charge in [-0.05, 0) is 72.8 Å². The minimum atomic E-state index is -0.632. The van der Waals surface area contributed by atoms with Gasteiger partial charge in [0.05, 0.1) is 12.6 Å². The molecule has 0 aliphatic heterocycles. The Balaban J connectivity index is 1.28. The van der Waals surface area contributed by atoms with Gasteiger partial charge in [0.25, 0.3) is 5.91 Å². The summed E-state index contributed by atoms with van der Waals surface area (Å²) in [5.74, 6) is -0.288. The van der Waals surface area contributed by atoms with Crippen molar-refractivity contribution >= 4 is 40.0 Å². The van der Waals surface area contributed by atoms with E-state index in [0.717, 1.165) is 4.90 Å². The number of para-hydroxylation sites is 2. The van der Waals surface area contributed by atoms with Crippen LogP contribution in [0.1, 0.15) is 10.5 Å². The van der Waals surface area contributed by atoms with E-state index >= 15 is 0 Å². The molecule has 0 radical (unpaired) electrons. The summed E-state index contributed by atoms with van der Waals surface area (Å²) in [7, 11) is 1.58. The molecule has 5 aromatic rings. The fourth-order valence-electron chi connectivity index (χ4n) is 4.26. The number of aromatic nitrogens is 1. The molecule has 0 saturated carbocycles. The molecule has 4 aromatic carbocycles. The molecule has 212 valence electrons. The van der Waals surface area contributed by atoms with Crippen LogP contribution < -0.4 is 20.1 Å². The van der Waals surface area contributed by atoms with Crippen molar-refractivity contribution in [2.75, 3.05) is 30.8 Å². The maximum absolute atomic E-state index is 14.3. The molecule has 0 aliphatic rings. The summed E-state index contributed by atoms with van der Waals surface area (Å²) in [5, 5.41) is 5.94. The SMILES string of the molecule is COc1ccc(Oc2ccc(NC(=O)CN(CC(=O)Nc3ccccc3)C(=O)c3cc4cccc(F)c4[nH]3)cc2)cc1. The molecule has 0 bridgehead atoms. The first-order chi connectivity index (χ1) is 20.4. The van der Waals surface area contributed by atoms with Gasteiger partial charge in [-0.3, -0.25) is 14.4 Å². The molecule has 10 heteroatoms. The third-order valence-corrected chi connectivity index (χ3v) is 6.28. The van der Waals surface area contributed by atoms with Crippen molar-refractivity contribution in [2.24, 2.45) is 0 Å². The van der Waals surface area contributed by atoms with E-state index < -0.39 is 36.6 Å². The van der Waals surface area contributed by atoms with Crippen LogP contribution in [0.25, 0.3) is 10.9 Å². The summed E-state index contributed by atoms with van der Waals surface area (Å²) in [6.07, 6.45) is 0. The fraction of sp³-hybridized carbons (Fsp3) is 0.0938. The molecule has 42 heavy (non-hydrogen) atoms. The van der Waals surface area contributed by atoms with E-state index in [1.54, 1.807) is 86.0 Å². The number of carbonyl (C=O) groups is 3. The zero-order chi connectivity index (χ0) is 29.5. The van der Waals surface area contributed by atoms with Gasteiger partial charge in [-0.2, -0.15) is 0 Å². The molecule has 3 N–H and O–H groups in total. The first-order valence-electron chi connectivity index (χ1n) is 13.0. The third kappa shape index (κ3) is 6.92. The Morgan fingerprint density at radius 2 is 1.31 bits per heavy atom. The molecule has 1 aromatic heterocycles. The Morgan fingerprint density at radius 1 is 0.738 bits per heavy atom. The maximum Gasteiger partial charge on any atom is 0.271 e. The summed E-state index contributed by atoms with van der Waals surface area (Å²) in [6.45, 7) is -0.837. The van der Waals surface area contributed by atoms with Gasteiger partial charge in [-0.25, -0.2) is 4.39 Å². The lowest BCUT2D eigenvalue weighted by molar-refractivity contribution is -0.119. The number of amides is 3. The number of nitrogens with zero attached hydrogens (tertiary/aromatic N) is 1. The topological polar surface area (TPSA) is 113 Å². The van der Waals surface area contributed by atoms with Crippen LogP contribution in [-0.2, 0) is 9.59 Å². The van der Waals surface area contributed by atoms with Gasteiger partial charge in [-0.1, -0.05) is 30.3 Å². The van der Waals surface area contributed by atoms with E-state index in [9.17, 15) is 18.8 Å². The minimum Gasteiger partial charge on any atom is -0.497 e. The van der Waals surface area contributed by atoms with Crippen LogP contribution in [0.5, 0.6) is 17.2 Å². The highest BCUT2D eigenvalue weighted by Crippen LogP contribution is 2.25. The van der Waals surface area contributed by atoms with Crippen LogP contribution in [-0.4, -0.2) is 47.8 Å². The summed E-state index contributed by atoms with van der Waals surface area (Å²) in [4.78, 5) is 43.1. The molecule has 9 nitrogen and oxygen atoms in total. The summed E-state index contributed by atoms with van der Waals surface area (Å²) in [5.41, 5.74) is 1.23. The van der Waals surface area contributed by atoms with Gasteiger partial charge < -0.3 is 30.0 Å². The number of hydrogen-bond donors (Lipinski definition) is 3. The lowest BCUT2D eigenvalue weighted by Gasteiger charge is -2.21. The number of benzene rings is 4. The van der Waals surface area contributed by atoms with Crippen LogP contribution >= 0.6 is 0 Å². The van der Waals surface area contributed by atoms with Crippen molar-refractivity contribution in [1.29, 1.82) is 0 Å². The largest absolute Gasteiger partial charge is 0.497 e. The zero-order valence-electron chi connectivity index (χ0n) is 22.6. The van der Waals surface area contributed by atoms with Gasteiger partial charge in [0.15, 0.2) is 0 Å². The van der Waals surface area contributed by atoms with Crippen molar-refractivity contribution < 1.29 is 28.2 Å². The molecule has 0 unspecified atom stereocenters. The van der Waals surface area contributed by atoms with Gasteiger partial charge in [0, 0.05) is 16.8 Å². The van der Waals surface area contributed by atoms with Gasteiger partial charge >= 0.3 is 0 Å². The molecule has 1 heterocycles. The van der Waals surface area contributed by atoms with Gasteiger partial charge in [-0.15, -0.1) is 0 Å². The van der Waals surface area contributed by atoms with Crippen LogP contribution in [0.4, 0.5) is 15.8 Å². The minimum absolute atomic E-state index is 0.0513. The molecule has 3 amide bonds. The number of methoxy groups -OCH3 is 1. The molecule has 0 fully saturated rings. The number of rotatable bonds is 10. The number of fused-ring (bicyclic) bond motifs is 1.